The number of ether oxygens (including phenoxy) is 2. The predicted octanol–water partition coefficient (Wildman–Crippen LogP) is 2.08. The molecular formula is C15H25BrNO3+. The summed E-state index contributed by atoms with van der Waals surface area (Å²) in [6.45, 7) is 8.88. The smallest absolute Gasteiger partial charge is 0.162 e. The van der Waals surface area contributed by atoms with Gasteiger partial charge in [0, 0.05) is 10.0 Å². The van der Waals surface area contributed by atoms with Gasteiger partial charge in [-0.2, -0.15) is 0 Å². The fourth-order valence-electron chi connectivity index (χ4n) is 1.69. The Morgan fingerprint density at radius 1 is 1.30 bits per heavy atom. The molecule has 0 heterocycles. The third-order valence-electron chi connectivity index (χ3n) is 2.98. The highest BCUT2D eigenvalue weighted by molar-refractivity contribution is 9.10. The van der Waals surface area contributed by atoms with Gasteiger partial charge in [-0.3, -0.25) is 0 Å². The molecule has 1 aromatic rings. The number of halogens is 1. The van der Waals surface area contributed by atoms with Gasteiger partial charge in [0.05, 0.1) is 19.8 Å². The van der Waals surface area contributed by atoms with Crippen LogP contribution in [0.3, 0.4) is 0 Å². The van der Waals surface area contributed by atoms with Crippen LogP contribution in [-0.2, 0) is 6.54 Å². The van der Waals surface area contributed by atoms with Crippen LogP contribution in [0.4, 0.5) is 0 Å². The van der Waals surface area contributed by atoms with Crippen molar-refractivity contribution in [1.82, 2.24) is 0 Å². The molecule has 1 rings (SSSR count). The third-order valence-corrected chi connectivity index (χ3v) is 3.72. The van der Waals surface area contributed by atoms with Crippen LogP contribution in [0.25, 0.3) is 0 Å². The van der Waals surface area contributed by atoms with E-state index in [1.165, 1.54) is 0 Å². The summed E-state index contributed by atoms with van der Waals surface area (Å²) < 4.78 is 12.1. The van der Waals surface area contributed by atoms with Gasteiger partial charge in [-0.25, -0.2) is 0 Å². The summed E-state index contributed by atoms with van der Waals surface area (Å²) in [6, 6.07) is 3.92. The Morgan fingerprint density at radius 3 is 2.45 bits per heavy atom. The van der Waals surface area contributed by atoms with E-state index >= 15 is 0 Å². The number of hydrogen-bond acceptors (Lipinski definition) is 3. The SMILES string of the molecule is COc1cc(C[NH2+]C(C)(C)CO)c(Br)cc1OC(C)C. The van der Waals surface area contributed by atoms with Crippen LogP contribution >= 0.6 is 15.9 Å². The first-order valence-corrected chi connectivity index (χ1v) is 7.56. The van der Waals surface area contributed by atoms with Crippen LogP contribution in [0.5, 0.6) is 11.5 Å². The van der Waals surface area contributed by atoms with Gasteiger partial charge in [-0.1, -0.05) is 15.9 Å². The molecule has 0 radical (unpaired) electrons. The minimum atomic E-state index is -0.195. The van der Waals surface area contributed by atoms with Gasteiger partial charge in [0.2, 0.25) is 0 Å². The lowest BCUT2D eigenvalue weighted by atomic mass is 10.1. The number of aliphatic hydroxyl groups excluding tert-OH is 1. The molecule has 0 saturated carbocycles. The van der Waals surface area contributed by atoms with E-state index < -0.39 is 0 Å². The molecule has 0 fully saturated rings. The Hall–Kier alpha value is -0.780. The standard InChI is InChI=1S/C15H24BrNO3/c1-10(2)20-14-7-12(16)11(6-13(14)19-5)8-17-15(3,4)9-18/h6-7,10,17-18H,8-9H2,1-5H3/p+1. The van der Waals surface area contributed by atoms with E-state index in [0.717, 1.165) is 28.1 Å². The first kappa shape index (κ1) is 17.3. The van der Waals surface area contributed by atoms with Gasteiger partial charge < -0.3 is 19.9 Å². The highest BCUT2D eigenvalue weighted by Crippen LogP contribution is 2.33. The molecule has 0 aliphatic rings. The Morgan fingerprint density at radius 2 is 1.95 bits per heavy atom. The number of hydrogen-bond donors (Lipinski definition) is 2. The summed E-state index contributed by atoms with van der Waals surface area (Å²) in [5.74, 6) is 1.46. The second-order valence-corrected chi connectivity index (χ2v) is 6.67. The summed E-state index contributed by atoms with van der Waals surface area (Å²) in [5.41, 5.74) is 0.916. The fourth-order valence-corrected chi connectivity index (χ4v) is 2.17. The normalized spacial score (nSPS) is 11.8. The third kappa shape index (κ3) is 4.96. The highest BCUT2D eigenvalue weighted by Gasteiger charge is 2.21. The maximum atomic E-state index is 9.30. The molecule has 0 saturated heterocycles. The zero-order valence-electron chi connectivity index (χ0n) is 12.9. The second kappa shape index (κ2) is 7.29. The molecule has 1 aromatic carbocycles. The number of benzene rings is 1. The molecule has 5 heteroatoms. The first-order chi connectivity index (χ1) is 9.29. The Kier molecular flexibility index (Phi) is 6.30. The number of aliphatic hydroxyl groups is 1. The van der Waals surface area contributed by atoms with Crippen molar-refractivity contribution in [3.05, 3.63) is 22.2 Å². The van der Waals surface area contributed by atoms with Crippen molar-refractivity contribution < 1.29 is 19.9 Å². The van der Waals surface area contributed by atoms with E-state index in [1.54, 1.807) is 7.11 Å². The maximum Gasteiger partial charge on any atom is 0.162 e. The molecule has 20 heavy (non-hydrogen) atoms. The van der Waals surface area contributed by atoms with Gasteiger partial charge in [0.15, 0.2) is 11.5 Å². The zero-order valence-corrected chi connectivity index (χ0v) is 14.5. The molecular weight excluding hydrogens is 322 g/mol. The zero-order chi connectivity index (χ0) is 15.3. The van der Waals surface area contributed by atoms with Gasteiger partial charge >= 0.3 is 0 Å². The molecule has 0 aliphatic carbocycles. The predicted molar refractivity (Wildman–Crippen MR) is 83.3 cm³/mol. The van der Waals surface area contributed by atoms with Crippen molar-refractivity contribution in [3.63, 3.8) is 0 Å². The Bertz CT molecular complexity index is 447. The van der Waals surface area contributed by atoms with Crippen molar-refractivity contribution in [2.75, 3.05) is 13.7 Å². The van der Waals surface area contributed by atoms with Crippen molar-refractivity contribution in [2.24, 2.45) is 0 Å². The van der Waals surface area contributed by atoms with Gasteiger partial charge in [0.25, 0.3) is 0 Å². The van der Waals surface area contributed by atoms with Crippen LogP contribution in [0.15, 0.2) is 16.6 Å². The van der Waals surface area contributed by atoms with Crippen molar-refractivity contribution >= 4 is 15.9 Å². The molecule has 0 atom stereocenters. The molecule has 0 amide bonds. The number of rotatable bonds is 7. The summed E-state index contributed by atoms with van der Waals surface area (Å²) in [5, 5.41) is 11.4. The topological polar surface area (TPSA) is 55.3 Å². The lowest BCUT2D eigenvalue weighted by Crippen LogP contribution is -2.95. The van der Waals surface area contributed by atoms with E-state index in [-0.39, 0.29) is 18.2 Å². The van der Waals surface area contributed by atoms with Crippen molar-refractivity contribution in [2.45, 2.75) is 45.9 Å². The van der Waals surface area contributed by atoms with Crippen LogP contribution in [-0.4, -0.2) is 30.5 Å². The molecule has 0 unspecified atom stereocenters. The monoisotopic (exact) mass is 346 g/mol. The van der Waals surface area contributed by atoms with E-state index in [9.17, 15) is 5.11 Å². The largest absolute Gasteiger partial charge is 0.493 e. The number of methoxy groups -OCH3 is 1. The average Bonchev–Trinajstić information content (AvgIpc) is 2.37. The maximum absolute atomic E-state index is 9.30. The molecule has 0 spiro atoms. The van der Waals surface area contributed by atoms with Gasteiger partial charge in [-0.15, -0.1) is 0 Å². The molecule has 0 aromatic heterocycles. The lowest BCUT2D eigenvalue weighted by molar-refractivity contribution is -0.736. The minimum Gasteiger partial charge on any atom is -0.493 e. The molecule has 0 bridgehead atoms. The molecule has 114 valence electrons. The molecule has 4 nitrogen and oxygen atoms in total. The minimum absolute atomic E-state index is 0.0986. The molecule has 0 aliphatic heterocycles. The van der Waals surface area contributed by atoms with E-state index in [0.29, 0.717) is 0 Å². The number of nitrogens with two attached hydrogens (primary N) is 1. The average molecular weight is 347 g/mol. The van der Waals surface area contributed by atoms with E-state index in [4.69, 9.17) is 9.47 Å². The Labute approximate surface area is 129 Å². The Balaban J connectivity index is 2.93. The van der Waals surface area contributed by atoms with Crippen LogP contribution in [0, 0.1) is 0 Å². The van der Waals surface area contributed by atoms with Crippen molar-refractivity contribution in [1.29, 1.82) is 0 Å². The van der Waals surface area contributed by atoms with Gasteiger partial charge in [-0.05, 0) is 39.8 Å². The highest BCUT2D eigenvalue weighted by atomic mass is 79.9. The van der Waals surface area contributed by atoms with Crippen LogP contribution < -0.4 is 14.8 Å². The fraction of sp³-hybridized carbons (Fsp3) is 0.600. The summed E-state index contributed by atoms with van der Waals surface area (Å²) >= 11 is 3.57. The quantitative estimate of drug-likeness (QED) is 0.794. The summed E-state index contributed by atoms with van der Waals surface area (Å²) in [6.07, 6.45) is 0.0986. The first-order valence-electron chi connectivity index (χ1n) is 6.77. The van der Waals surface area contributed by atoms with Gasteiger partial charge in [0.1, 0.15) is 12.1 Å². The van der Waals surface area contributed by atoms with E-state index in [1.807, 2.05) is 39.8 Å². The molecule has 3 N–H and O–H groups in total. The van der Waals surface area contributed by atoms with E-state index in [2.05, 4.69) is 21.2 Å². The summed E-state index contributed by atoms with van der Waals surface area (Å²) in [7, 11) is 1.64. The lowest BCUT2D eigenvalue weighted by Gasteiger charge is -2.21. The summed E-state index contributed by atoms with van der Waals surface area (Å²) in [4.78, 5) is 0. The number of quaternary nitrogens is 1. The van der Waals surface area contributed by atoms with Crippen LogP contribution in [0.1, 0.15) is 33.3 Å². The second-order valence-electron chi connectivity index (χ2n) is 5.82. The van der Waals surface area contributed by atoms with Crippen molar-refractivity contribution in [3.8, 4) is 11.5 Å². The van der Waals surface area contributed by atoms with Crippen LogP contribution in [0.2, 0.25) is 0 Å².